The van der Waals surface area contributed by atoms with E-state index in [1.165, 1.54) is 10.8 Å². The van der Waals surface area contributed by atoms with Crippen LogP contribution in [0.15, 0.2) is 36.4 Å². The number of benzene rings is 2. The summed E-state index contributed by atoms with van der Waals surface area (Å²) >= 11 is 0. The lowest BCUT2D eigenvalue weighted by molar-refractivity contribution is -0.119. The maximum atomic E-state index is 11.4. The van der Waals surface area contributed by atoms with E-state index in [2.05, 4.69) is 23.5 Å². The van der Waals surface area contributed by atoms with Gasteiger partial charge in [-0.05, 0) is 16.8 Å². The molecule has 1 N–H and O–H groups in total. The molecule has 1 atom stereocenters. The van der Waals surface area contributed by atoms with Gasteiger partial charge in [-0.15, -0.1) is 0 Å². The van der Waals surface area contributed by atoms with E-state index >= 15 is 0 Å². The lowest BCUT2D eigenvalue weighted by Crippen LogP contribution is -2.13. The molecule has 92 valence electrons. The fraction of sp³-hybridized carbons (Fsp3) is 0.267. The van der Waals surface area contributed by atoms with E-state index < -0.39 is 0 Å². The van der Waals surface area contributed by atoms with Crippen molar-refractivity contribution in [3.8, 4) is 5.75 Å². The summed E-state index contributed by atoms with van der Waals surface area (Å²) < 4.78 is 5.46. The minimum atomic E-state index is 0.120. The van der Waals surface area contributed by atoms with Crippen LogP contribution in [0.3, 0.4) is 0 Å². The van der Waals surface area contributed by atoms with Crippen molar-refractivity contribution >= 4 is 16.7 Å². The van der Waals surface area contributed by atoms with E-state index in [1.54, 1.807) is 7.11 Å². The number of nitrogens with one attached hydrogen (secondary N) is 1. The highest BCUT2D eigenvalue weighted by Gasteiger charge is 2.27. The van der Waals surface area contributed by atoms with E-state index in [-0.39, 0.29) is 11.8 Å². The monoisotopic (exact) mass is 241 g/mol. The van der Waals surface area contributed by atoms with Crippen molar-refractivity contribution < 1.29 is 9.53 Å². The number of fused-ring (bicyclic) bond motifs is 1. The Morgan fingerprint density at radius 2 is 2.06 bits per heavy atom. The molecular weight excluding hydrogens is 226 g/mol. The first-order valence-corrected chi connectivity index (χ1v) is 6.12. The van der Waals surface area contributed by atoms with E-state index in [9.17, 15) is 4.79 Å². The predicted molar refractivity (Wildman–Crippen MR) is 70.9 cm³/mol. The molecule has 1 heterocycles. The van der Waals surface area contributed by atoms with Gasteiger partial charge in [-0.25, -0.2) is 0 Å². The van der Waals surface area contributed by atoms with Crippen LogP contribution in [-0.2, 0) is 4.79 Å². The summed E-state index contributed by atoms with van der Waals surface area (Å²) in [5.41, 5.74) is 1.15. The van der Waals surface area contributed by atoms with E-state index in [1.807, 2.05) is 18.2 Å². The second kappa shape index (κ2) is 4.33. The van der Waals surface area contributed by atoms with Gasteiger partial charge in [0.25, 0.3) is 0 Å². The number of carbonyl (C=O) groups is 1. The highest BCUT2D eigenvalue weighted by Crippen LogP contribution is 2.36. The van der Waals surface area contributed by atoms with E-state index in [4.69, 9.17) is 4.74 Å². The molecule has 1 aliphatic rings. The van der Waals surface area contributed by atoms with Crippen molar-refractivity contribution in [1.82, 2.24) is 5.32 Å². The molecule has 1 saturated heterocycles. The Morgan fingerprint density at radius 3 is 2.78 bits per heavy atom. The Bertz CT molecular complexity index is 606. The third-order valence-electron chi connectivity index (χ3n) is 3.54. The predicted octanol–water partition coefficient (Wildman–Crippen LogP) is 2.45. The molecule has 1 amide bonds. The van der Waals surface area contributed by atoms with Gasteiger partial charge in [-0.1, -0.05) is 30.3 Å². The number of amides is 1. The Labute approximate surface area is 106 Å². The molecule has 0 radical (unpaired) electrons. The molecular formula is C15H15NO2. The van der Waals surface area contributed by atoms with E-state index in [0.29, 0.717) is 13.0 Å². The fourth-order valence-electron chi connectivity index (χ4n) is 2.68. The minimum Gasteiger partial charge on any atom is -0.496 e. The Morgan fingerprint density at radius 1 is 1.22 bits per heavy atom. The van der Waals surface area contributed by atoms with Crippen molar-refractivity contribution in [2.75, 3.05) is 13.7 Å². The first kappa shape index (κ1) is 11.1. The van der Waals surface area contributed by atoms with Crippen LogP contribution in [0.2, 0.25) is 0 Å². The molecule has 1 aliphatic heterocycles. The summed E-state index contributed by atoms with van der Waals surface area (Å²) in [5.74, 6) is 1.20. The number of carbonyl (C=O) groups excluding carboxylic acids is 1. The average molecular weight is 241 g/mol. The van der Waals surface area contributed by atoms with Gasteiger partial charge >= 0.3 is 0 Å². The van der Waals surface area contributed by atoms with Crippen molar-refractivity contribution in [3.05, 3.63) is 42.0 Å². The molecule has 1 fully saturated rings. The molecule has 3 rings (SSSR count). The average Bonchev–Trinajstić information content (AvgIpc) is 2.83. The molecule has 2 aromatic carbocycles. The zero-order valence-electron chi connectivity index (χ0n) is 10.3. The Balaban J connectivity index is 2.20. The topological polar surface area (TPSA) is 38.3 Å². The lowest BCUT2D eigenvalue weighted by atomic mass is 9.92. The van der Waals surface area contributed by atoms with Crippen LogP contribution in [0, 0.1) is 0 Å². The molecule has 0 saturated carbocycles. The fourth-order valence-corrected chi connectivity index (χ4v) is 2.68. The third-order valence-corrected chi connectivity index (χ3v) is 3.54. The van der Waals surface area contributed by atoms with Gasteiger partial charge in [0.05, 0.1) is 7.11 Å². The number of hydrogen-bond donors (Lipinski definition) is 1. The zero-order chi connectivity index (χ0) is 12.5. The lowest BCUT2D eigenvalue weighted by Gasteiger charge is -2.16. The van der Waals surface area contributed by atoms with Gasteiger partial charge in [-0.2, -0.15) is 0 Å². The first-order valence-electron chi connectivity index (χ1n) is 6.12. The van der Waals surface area contributed by atoms with Crippen LogP contribution in [0.4, 0.5) is 0 Å². The van der Waals surface area contributed by atoms with Gasteiger partial charge in [0.15, 0.2) is 0 Å². The summed E-state index contributed by atoms with van der Waals surface area (Å²) in [7, 11) is 1.68. The summed E-state index contributed by atoms with van der Waals surface area (Å²) in [5, 5.41) is 5.26. The van der Waals surface area contributed by atoms with Crippen LogP contribution < -0.4 is 10.1 Å². The highest BCUT2D eigenvalue weighted by atomic mass is 16.5. The highest BCUT2D eigenvalue weighted by molar-refractivity contribution is 5.90. The normalized spacial score (nSPS) is 18.9. The van der Waals surface area contributed by atoms with Crippen molar-refractivity contribution in [3.63, 3.8) is 0 Å². The second-order valence-electron chi connectivity index (χ2n) is 4.61. The van der Waals surface area contributed by atoms with Crippen LogP contribution in [-0.4, -0.2) is 19.6 Å². The van der Waals surface area contributed by atoms with Crippen molar-refractivity contribution in [2.45, 2.75) is 12.3 Å². The number of rotatable bonds is 2. The standard InChI is InChI=1S/C15H15NO2/c1-18-13-7-6-10-4-2-3-5-12(10)15(13)11-8-14(17)16-9-11/h2-7,11H,8-9H2,1H3,(H,16,17). The summed E-state index contributed by atoms with van der Waals surface area (Å²) in [6.07, 6.45) is 0.546. The van der Waals surface area contributed by atoms with Gasteiger partial charge in [-0.3, -0.25) is 4.79 Å². The SMILES string of the molecule is COc1ccc2ccccc2c1C1CNC(=O)C1. The van der Waals surface area contributed by atoms with Crippen molar-refractivity contribution in [1.29, 1.82) is 0 Å². The van der Waals surface area contributed by atoms with Gasteiger partial charge in [0.1, 0.15) is 5.75 Å². The number of ether oxygens (including phenoxy) is 1. The molecule has 0 spiro atoms. The minimum absolute atomic E-state index is 0.120. The molecule has 0 aromatic heterocycles. The largest absolute Gasteiger partial charge is 0.496 e. The summed E-state index contributed by atoms with van der Waals surface area (Å²) in [4.78, 5) is 11.4. The molecule has 3 nitrogen and oxygen atoms in total. The Hall–Kier alpha value is -2.03. The third kappa shape index (κ3) is 1.72. The van der Waals surface area contributed by atoms with E-state index in [0.717, 1.165) is 11.3 Å². The van der Waals surface area contributed by atoms with Crippen LogP contribution in [0.25, 0.3) is 10.8 Å². The number of methoxy groups -OCH3 is 1. The number of hydrogen-bond acceptors (Lipinski definition) is 2. The summed E-state index contributed by atoms with van der Waals surface area (Å²) in [6.45, 7) is 0.698. The molecule has 2 aromatic rings. The molecule has 1 unspecified atom stereocenters. The second-order valence-corrected chi connectivity index (χ2v) is 4.61. The first-order chi connectivity index (χ1) is 8.79. The van der Waals surface area contributed by atoms with Crippen LogP contribution >= 0.6 is 0 Å². The molecule has 0 bridgehead atoms. The summed E-state index contributed by atoms with van der Waals surface area (Å²) in [6, 6.07) is 12.3. The van der Waals surface area contributed by atoms with Crippen molar-refractivity contribution in [2.24, 2.45) is 0 Å². The quantitative estimate of drug-likeness (QED) is 0.877. The Kier molecular flexibility index (Phi) is 2.67. The maximum Gasteiger partial charge on any atom is 0.220 e. The smallest absolute Gasteiger partial charge is 0.220 e. The molecule has 0 aliphatic carbocycles. The van der Waals surface area contributed by atoms with Gasteiger partial charge in [0, 0.05) is 24.4 Å². The zero-order valence-corrected chi connectivity index (χ0v) is 10.3. The maximum absolute atomic E-state index is 11.4. The molecule has 3 heteroatoms. The van der Waals surface area contributed by atoms with Gasteiger partial charge < -0.3 is 10.1 Å². The van der Waals surface area contributed by atoms with Gasteiger partial charge in [0.2, 0.25) is 5.91 Å². The molecule has 18 heavy (non-hydrogen) atoms. The van der Waals surface area contributed by atoms with Crippen LogP contribution in [0.1, 0.15) is 17.9 Å². The van der Waals surface area contributed by atoms with Crippen LogP contribution in [0.5, 0.6) is 5.75 Å².